The molecule has 1 aliphatic rings. The molecule has 0 bridgehead atoms. The van der Waals surface area contributed by atoms with Crippen LogP contribution in [-0.4, -0.2) is 22.8 Å². The third-order valence-electron chi connectivity index (χ3n) is 4.23. The lowest BCUT2D eigenvalue weighted by atomic mass is 10.1. The number of nitrogens with one attached hydrogen (secondary N) is 1. The molecule has 2 heterocycles. The molecule has 124 valence electrons. The van der Waals surface area contributed by atoms with Crippen molar-refractivity contribution in [3.8, 4) is 0 Å². The highest BCUT2D eigenvalue weighted by molar-refractivity contribution is 6.04. The van der Waals surface area contributed by atoms with E-state index in [0.29, 0.717) is 17.7 Å². The van der Waals surface area contributed by atoms with E-state index in [9.17, 15) is 9.59 Å². The first kappa shape index (κ1) is 16.2. The van der Waals surface area contributed by atoms with Gasteiger partial charge in [-0.05, 0) is 63.6 Å². The molecule has 2 amide bonds. The van der Waals surface area contributed by atoms with Crippen molar-refractivity contribution in [3.63, 3.8) is 0 Å². The Hall–Kier alpha value is -2.69. The largest absolute Gasteiger partial charge is 0.322 e. The normalized spacial score (nSPS) is 17.2. The zero-order chi connectivity index (χ0) is 17.3. The van der Waals surface area contributed by atoms with E-state index in [1.54, 1.807) is 12.1 Å². The lowest BCUT2D eigenvalue weighted by Crippen LogP contribution is -2.30. The SMILES string of the molecule is Cc1cc(C(=O)Nc2ccc(N3C(=O)CC[C@@H]3C)cc2)cc(C)n1. The van der Waals surface area contributed by atoms with Crippen LogP contribution in [-0.2, 0) is 4.79 Å². The number of amides is 2. The smallest absolute Gasteiger partial charge is 0.255 e. The summed E-state index contributed by atoms with van der Waals surface area (Å²) in [7, 11) is 0. The number of nitrogens with zero attached hydrogens (tertiary/aromatic N) is 2. The van der Waals surface area contributed by atoms with Crippen molar-refractivity contribution >= 4 is 23.2 Å². The van der Waals surface area contributed by atoms with E-state index in [1.165, 1.54) is 0 Å². The standard InChI is InChI=1S/C19H21N3O2/c1-12-10-15(11-13(2)20-12)19(24)21-16-5-7-17(8-6-16)22-14(3)4-9-18(22)23/h5-8,10-11,14H,4,9H2,1-3H3,(H,21,24)/t14-/m0/s1. The Balaban J connectivity index is 1.74. The Kier molecular flexibility index (Phi) is 4.34. The van der Waals surface area contributed by atoms with Crippen molar-refractivity contribution in [1.82, 2.24) is 4.98 Å². The maximum atomic E-state index is 12.4. The minimum absolute atomic E-state index is 0.155. The van der Waals surface area contributed by atoms with Crippen LogP contribution in [0.2, 0.25) is 0 Å². The minimum atomic E-state index is -0.165. The summed E-state index contributed by atoms with van der Waals surface area (Å²) in [6.45, 7) is 5.79. The monoisotopic (exact) mass is 323 g/mol. The summed E-state index contributed by atoms with van der Waals surface area (Å²) in [4.78, 5) is 30.4. The average molecular weight is 323 g/mol. The van der Waals surface area contributed by atoms with Crippen LogP contribution in [0.15, 0.2) is 36.4 Å². The van der Waals surface area contributed by atoms with Crippen molar-refractivity contribution in [3.05, 3.63) is 53.3 Å². The van der Waals surface area contributed by atoms with Crippen LogP contribution >= 0.6 is 0 Å². The van der Waals surface area contributed by atoms with Crippen LogP contribution in [0.3, 0.4) is 0 Å². The number of anilines is 2. The summed E-state index contributed by atoms with van der Waals surface area (Å²) in [5.41, 5.74) is 3.80. The Morgan fingerprint density at radius 1 is 1.17 bits per heavy atom. The molecule has 1 saturated heterocycles. The fraction of sp³-hybridized carbons (Fsp3) is 0.316. The zero-order valence-electron chi connectivity index (χ0n) is 14.2. The second kappa shape index (κ2) is 6.43. The number of aromatic nitrogens is 1. The van der Waals surface area contributed by atoms with Gasteiger partial charge in [-0.1, -0.05) is 0 Å². The molecule has 1 aromatic heterocycles. The number of aryl methyl sites for hydroxylation is 2. The van der Waals surface area contributed by atoms with Crippen LogP contribution in [0, 0.1) is 13.8 Å². The van der Waals surface area contributed by atoms with Gasteiger partial charge in [0.2, 0.25) is 5.91 Å². The van der Waals surface area contributed by atoms with Crippen LogP contribution in [0.1, 0.15) is 41.5 Å². The van der Waals surface area contributed by atoms with Gasteiger partial charge in [0.05, 0.1) is 0 Å². The lowest BCUT2D eigenvalue weighted by molar-refractivity contribution is -0.117. The van der Waals surface area contributed by atoms with E-state index >= 15 is 0 Å². The summed E-state index contributed by atoms with van der Waals surface area (Å²) in [5, 5.41) is 2.88. The van der Waals surface area contributed by atoms with E-state index in [-0.39, 0.29) is 17.9 Å². The zero-order valence-corrected chi connectivity index (χ0v) is 14.2. The number of carbonyl (C=O) groups excluding carboxylic acids is 2. The molecule has 0 unspecified atom stereocenters. The molecule has 0 aliphatic carbocycles. The number of hydrogen-bond donors (Lipinski definition) is 1. The second-order valence-corrected chi connectivity index (χ2v) is 6.29. The number of rotatable bonds is 3. The highest BCUT2D eigenvalue weighted by Crippen LogP contribution is 2.27. The fourth-order valence-corrected chi connectivity index (χ4v) is 3.10. The number of benzene rings is 1. The van der Waals surface area contributed by atoms with Crippen LogP contribution in [0.4, 0.5) is 11.4 Å². The average Bonchev–Trinajstić information content (AvgIpc) is 2.86. The summed E-state index contributed by atoms with van der Waals surface area (Å²) >= 11 is 0. The van der Waals surface area contributed by atoms with Gasteiger partial charge in [0.1, 0.15) is 0 Å². The van der Waals surface area contributed by atoms with Crippen molar-refractivity contribution < 1.29 is 9.59 Å². The summed E-state index contributed by atoms with van der Waals surface area (Å²) in [5.74, 6) is -0.0102. The number of pyridine rings is 1. The molecular formula is C19H21N3O2. The molecule has 1 atom stereocenters. The van der Waals surface area contributed by atoms with Crippen molar-refractivity contribution in [2.45, 2.75) is 39.7 Å². The molecule has 0 spiro atoms. The van der Waals surface area contributed by atoms with Gasteiger partial charge in [0.25, 0.3) is 5.91 Å². The van der Waals surface area contributed by atoms with Gasteiger partial charge in [-0.15, -0.1) is 0 Å². The van der Waals surface area contributed by atoms with Gasteiger partial charge in [0.15, 0.2) is 0 Å². The second-order valence-electron chi connectivity index (χ2n) is 6.29. The van der Waals surface area contributed by atoms with E-state index < -0.39 is 0 Å². The molecule has 1 fully saturated rings. The van der Waals surface area contributed by atoms with Crippen LogP contribution < -0.4 is 10.2 Å². The third-order valence-corrected chi connectivity index (χ3v) is 4.23. The third kappa shape index (κ3) is 3.30. The molecule has 0 radical (unpaired) electrons. The summed E-state index contributed by atoms with van der Waals surface area (Å²) < 4.78 is 0. The molecule has 3 rings (SSSR count). The predicted octanol–water partition coefficient (Wildman–Crippen LogP) is 3.47. The first-order chi connectivity index (χ1) is 11.4. The molecule has 5 heteroatoms. The predicted molar refractivity (Wildman–Crippen MR) is 94.3 cm³/mol. The van der Waals surface area contributed by atoms with Gasteiger partial charge < -0.3 is 10.2 Å². The van der Waals surface area contributed by atoms with Gasteiger partial charge in [-0.2, -0.15) is 0 Å². The molecule has 2 aromatic rings. The first-order valence-corrected chi connectivity index (χ1v) is 8.13. The molecular weight excluding hydrogens is 302 g/mol. The topological polar surface area (TPSA) is 62.3 Å². The Morgan fingerprint density at radius 3 is 2.33 bits per heavy atom. The highest BCUT2D eigenvalue weighted by Gasteiger charge is 2.28. The Labute approximate surface area is 141 Å². The number of hydrogen-bond acceptors (Lipinski definition) is 3. The molecule has 24 heavy (non-hydrogen) atoms. The summed E-state index contributed by atoms with van der Waals surface area (Å²) in [6, 6.07) is 11.2. The van der Waals surface area contributed by atoms with Crippen molar-refractivity contribution in [1.29, 1.82) is 0 Å². The van der Waals surface area contributed by atoms with Gasteiger partial charge in [-0.3, -0.25) is 14.6 Å². The number of carbonyl (C=O) groups is 2. The Bertz CT molecular complexity index is 763. The quantitative estimate of drug-likeness (QED) is 0.941. The maximum Gasteiger partial charge on any atom is 0.255 e. The molecule has 0 saturated carbocycles. The lowest BCUT2D eigenvalue weighted by Gasteiger charge is -2.22. The molecule has 5 nitrogen and oxygen atoms in total. The maximum absolute atomic E-state index is 12.4. The van der Waals surface area contributed by atoms with Gasteiger partial charge in [-0.25, -0.2) is 0 Å². The fourth-order valence-electron chi connectivity index (χ4n) is 3.10. The van der Waals surface area contributed by atoms with Crippen molar-refractivity contribution in [2.24, 2.45) is 0 Å². The highest BCUT2D eigenvalue weighted by atomic mass is 16.2. The first-order valence-electron chi connectivity index (χ1n) is 8.13. The molecule has 1 N–H and O–H groups in total. The van der Waals surface area contributed by atoms with E-state index in [2.05, 4.69) is 17.2 Å². The summed E-state index contributed by atoms with van der Waals surface area (Å²) in [6.07, 6.45) is 1.48. The van der Waals surface area contributed by atoms with Crippen molar-refractivity contribution in [2.75, 3.05) is 10.2 Å². The van der Waals surface area contributed by atoms with E-state index in [1.807, 2.05) is 43.0 Å². The van der Waals surface area contributed by atoms with Gasteiger partial charge >= 0.3 is 0 Å². The van der Waals surface area contributed by atoms with Crippen LogP contribution in [0.5, 0.6) is 0 Å². The van der Waals surface area contributed by atoms with E-state index in [0.717, 1.165) is 23.5 Å². The molecule has 1 aliphatic heterocycles. The minimum Gasteiger partial charge on any atom is -0.322 e. The molecule has 1 aromatic carbocycles. The Morgan fingerprint density at radius 2 is 1.79 bits per heavy atom. The van der Waals surface area contributed by atoms with Crippen LogP contribution in [0.25, 0.3) is 0 Å². The van der Waals surface area contributed by atoms with E-state index in [4.69, 9.17) is 0 Å². The van der Waals surface area contributed by atoms with Gasteiger partial charge in [0, 0.05) is 40.8 Å².